The summed E-state index contributed by atoms with van der Waals surface area (Å²) in [4.78, 5) is 68.5. The number of carbonyl (C=O) groups excluding carboxylic acids is 3. The largest absolute Gasteiger partial charge is 0.495 e. The zero-order valence-corrected chi connectivity index (χ0v) is 39.2. The lowest BCUT2D eigenvalue weighted by Crippen LogP contribution is -2.48. The molecule has 2 heterocycles. The molecule has 3 aromatic rings. The fraction of sp³-hybridized carbons (Fsp3) is 0.463. The van der Waals surface area contributed by atoms with E-state index in [0.717, 1.165) is 29.0 Å². The van der Waals surface area contributed by atoms with Crippen LogP contribution in [-0.2, 0) is 14.3 Å². The third-order valence-electron chi connectivity index (χ3n) is 9.46. The Labute approximate surface area is 373 Å². The molecule has 4 rings (SSSR count). The van der Waals surface area contributed by atoms with Gasteiger partial charge in [0.1, 0.15) is 51.8 Å². The average molecular weight is 919 g/mol. The Balaban J connectivity index is 1.63. The molecule has 21 heteroatoms. The first-order valence-corrected chi connectivity index (χ1v) is 24.2. The molecule has 0 radical (unpaired) electrons. The van der Waals surface area contributed by atoms with Crippen LogP contribution in [0.4, 0.5) is 48.8 Å². The maximum atomic E-state index is 14.5. The number of rotatable bonds is 17. The summed E-state index contributed by atoms with van der Waals surface area (Å²) in [6, 6.07) is 7.94. The number of aromatic nitrogens is 2. The molecule has 18 nitrogen and oxygen atoms in total. The number of benzene rings is 2. The van der Waals surface area contributed by atoms with Crippen molar-refractivity contribution in [1.29, 1.82) is 0 Å². The second kappa shape index (κ2) is 21.6. The summed E-state index contributed by atoms with van der Waals surface area (Å²) in [6.45, 7) is 19.3. The molecule has 3 N–H and O–H groups in total. The number of halogens is 2. The topological polar surface area (TPSA) is 191 Å². The van der Waals surface area contributed by atoms with Gasteiger partial charge in [0, 0.05) is 78.8 Å². The fourth-order valence-electron chi connectivity index (χ4n) is 6.17. The summed E-state index contributed by atoms with van der Waals surface area (Å²) >= 11 is 13.6. The molecule has 1 fully saturated rings. The van der Waals surface area contributed by atoms with Gasteiger partial charge in [-0.05, 0) is 51.1 Å². The highest BCUT2D eigenvalue weighted by Crippen LogP contribution is 2.46. The fourth-order valence-corrected chi connectivity index (χ4v) is 7.63. The number of methoxy groups -OCH3 is 2. The van der Waals surface area contributed by atoms with Crippen LogP contribution in [-0.4, -0.2) is 132 Å². The molecule has 0 atom stereocenters. The number of hydrogen-bond acceptors (Lipinski definition) is 12. The van der Waals surface area contributed by atoms with Crippen LogP contribution >= 0.6 is 23.2 Å². The van der Waals surface area contributed by atoms with Gasteiger partial charge in [0.25, 0.3) is 0 Å². The highest BCUT2D eigenvalue weighted by atomic mass is 35.5. The summed E-state index contributed by atoms with van der Waals surface area (Å²) in [6.07, 6.45) is 0.290. The van der Waals surface area contributed by atoms with E-state index in [9.17, 15) is 24.3 Å². The number of carbonyl (C=O) groups is 4. The van der Waals surface area contributed by atoms with E-state index in [1.807, 2.05) is 0 Å². The van der Waals surface area contributed by atoms with E-state index in [1.54, 1.807) is 39.0 Å². The molecular formula is C41H57Cl2N9O9Si. The van der Waals surface area contributed by atoms with E-state index < -0.39 is 37.8 Å². The van der Waals surface area contributed by atoms with Crippen LogP contribution in [0.15, 0.2) is 49.3 Å². The van der Waals surface area contributed by atoms with Crippen molar-refractivity contribution in [2.24, 2.45) is 0 Å². The predicted molar refractivity (Wildman–Crippen MR) is 245 cm³/mol. The van der Waals surface area contributed by atoms with E-state index in [1.165, 1.54) is 43.2 Å². The zero-order valence-electron chi connectivity index (χ0n) is 36.7. The Kier molecular flexibility index (Phi) is 17.2. The van der Waals surface area contributed by atoms with Crippen molar-refractivity contribution >= 4 is 89.8 Å². The van der Waals surface area contributed by atoms with Gasteiger partial charge >= 0.3 is 18.2 Å². The van der Waals surface area contributed by atoms with Crippen molar-refractivity contribution in [2.75, 3.05) is 98.8 Å². The molecule has 0 bridgehead atoms. The number of ether oxygens (including phenoxy) is 4. The first kappa shape index (κ1) is 49.3. The minimum absolute atomic E-state index is 0.00733. The molecule has 338 valence electrons. The molecule has 0 saturated carbocycles. The molecule has 1 aromatic heterocycles. The van der Waals surface area contributed by atoms with Crippen LogP contribution in [0.1, 0.15) is 20.8 Å². The number of hydrogen-bond donors (Lipinski definition) is 3. The maximum Gasteiger partial charge on any atom is 0.417 e. The van der Waals surface area contributed by atoms with Gasteiger partial charge in [0.05, 0.1) is 31.3 Å². The monoisotopic (exact) mass is 917 g/mol. The van der Waals surface area contributed by atoms with Gasteiger partial charge in [0.15, 0.2) is 0 Å². The van der Waals surface area contributed by atoms with Crippen LogP contribution in [0.2, 0.25) is 35.7 Å². The molecule has 1 aliphatic rings. The van der Waals surface area contributed by atoms with Gasteiger partial charge in [0.2, 0.25) is 5.91 Å². The SMILES string of the molecule is C=CC(=O)Nc1cc(N2CCN(CCNC(=O)OC(C)(C)C)CC2)ccc1N(C(=O)O)c1cc(N(C)C(=O)N(COCC[Si](C)(C)C)c2c(Cl)c(OC)cc(OC)c2Cl)ncn1. The number of alkyl carbamates (subject to hydrolysis) is 1. The molecule has 1 aliphatic heterocycles. The van der Waals surface area contributed by atoms with Crippen molar-refractivity contribution in [3.8, 4) is 11.5 Å². The molecule has 1 saturated heterocycles. The van der Waals surface area contributed by atoms with E-state index in [0.29, 0.717) is 45.9 Å². The summed E-state index contributed by atoms with van der Waals surface area (Å²) in [5.41, 5.74) is 0.450. The highest BCUT2D eigenvalue weighted by Gasteiger charge is 2.31. The molecule has 0 aliphatic carbocycles. The third kappa shape index (κ3) is 13.3. The summed E-state index contributed by atoms with van der Waals surface area (Å²) < 4.78 is 22.3. The van der Waals surface area contributed by atoms with Crippen molar-refractivity contribution in [3.63, 3.8) is 0 Å². The summed E-state index contributed by atoms with van der Waals surface area (Å²) in [7, 11) is 2.76. The number of anilines is 6. The third-order valence-corrected chi connectivity index (χ3v) is 11.9. The van der Waals surface area contributed by atoms with E-state index >= 15 is 0 Å². The minimum atomic E-state index is -1.51. The molecule has 0 unspecified atom stereocenters. The van der Waals surface area contributed by atoms with Crippen LogP contribution in [0.25, 0.3) is 0 Å². The Morgan fingerprint density at radius 1 is 0.968 bits per heavy atom. The second-order valence-electron chi connectivity index (χ2n) is 16.4. The second-order valence-corrected chi connectivity index (χ2v) is 22.8. The van der Waals surface area contributed by atoms with E-state index in [2.05, 4.69) is 56.6 Å². The Hall–Kier alpha value is -5.34. The average Bonchev–Trinajstić information content (AvgIpc) is 3.21. The summed E-state index contributed by atoms with van der Waals surface area (Å²) in [5, 5.41) is 16.2. The maximum absolute atomic E-state index is 14.5. The summed E-state index contributed by atoms with van der Waals surface area (Å²) in [5.74, 6) is -0.292. The van der Waals surface area contributed by atoms with Crippen molar-refractivity contribution in [2.45, 2.75) is 52.1 Å². The van der Waals surface area contributed by atoms with E-state index in [-0.39, 0.29) is 57.0 Å². The van der Waals surface area contributed by atoms with Crippen LogP contribution < -0.4 is 39.7 Å². The minimum Gasteiger partial charge on any atom is -0.495 e. The number of urea groups is 1. The van der Waals surface area contributed by atoms with Gasteiger partial charge in [-0.2, -0.15) is 0 Å². The smallest absolute Gasteiger partial charge is 0.417 e. The number of piperazine rings is 1. The number of nitrogens with zero attached hydrogens (tertiary/aromatic N) is 7. The first-order valence-electron chi connectivity index (χ1n) is 19.8. The first-order chi connectivity index (χ1) is 29.2. The molecule has 2 aromatic carbocycles. The Morgan fingerprint density at radius 3 is 2.16 bits per heavy atom. The Morgan fingerprint density at radius 2 is 1.60 bits per heavy atom. The van der Waals surface area contributed by atoms with Crippen LogP contribution in [0.5, 0.6) is 11.5 Å². The van der Waals surface area contributed by atoms with Gasteiger partial charge in [-0.25, -0.2) is 29.3 Å². The lowest BCUT2D eigenvalue weighted by molar-refractivity contribution is -0.111. The van der Waals surface area contributed by atoms with Crippen LogP contribution in [0, 0.1) is 0 Å². The zero-order chi connectivity index (χ0) is 45.9. The van der Waals surface area contributed by atoms with Crippen molar-refractivity contribution < 1.29 is 43.2 Å². The van der Waals surface area contributed by atoms with Crippen molar-refractivity contribution in [3.05, 3.63) is 59.4 Å². The molecular weight excluding hydrogens is 861 g/mol. The molecule has 62 heavy (non-hydrogen) atoms. The van der Waals surface area contributed by atoms with E-state index in [4.69, 9.17) is 42.1 Å². The number of carboxylic acid groups (broad SMARTS) is 1. The van der Waals surface area contributed by atoms with Crippen molar-refractivity contribution in [1.82, 2.24) is 20.2 Å². The molecule has 0 spiro atoms. The van der Waals surface area contributed by atoms with Gasteiger partial charge in [-0.3, -0.25) is 19.5 Å². The normalized spacial score (nSPS) is 13.2. The van der Waals surface area contributed by atoms with Crippen LogP contribution in [0.3, 0.4) is 0 Å². The number of amides is 5. The Bertz CT molecular complexity index is 2070. The lowest BCUT2D eigenvalue weighted by Gasteiger charge is -2.36. The van der Waals surface area contributed by atoms with Gasteiger partial charge in [-0.1, -0.05) is 49.4 Å². The predicted octanol–water partition coefficient (Wildman–Crippen LogP) is 7.76. The standard InChI is InChI=1S/C41H57Cl2N9O9Si/c1-11-34(53)47-28-22-27(50-18-16-49(17-19-50)15-14-44-38(54)61-41(2,3)4)12-13-29(28)52(40(56)57)33-24-32(45-25-46-33)48(5)39(55)51(26-60-20-21-62(8,9)10)37-35(42)30(58-6)23-31(59-7)36(37)43/h11-13,22-25H,1,14-21,26H2,2-10H3,(H,44,54)(H,47,53)(H,56,57). The number of nitrogens with one attached hydrogen (secondary N) is 2. The van der Waals surface area contributed by atoms with Gasteiger partial charge in [-0.15, -0.1) is 0 Å². The lowest BCUT2D eigenvalue weighted by atomic mass is 10.1. The molecule has 5 amide bonds. The quantitative estimate of drug-likeness (QED) is 0.0516. The van der Waals surface area contributed by atoms with Gasteiger partial charge < -0.3 is 39.6 Å². The highest BCUT2D eigenvalue weighted by molar-refractivity contribution is 6.76.